The lowest BCUT2D eigenvalue weighted by molar-refractivity contribution is -0.150. The molecule has 33 heavy (non-hydrogen) atoms. The van der Waals surface area contributed by atoms with Gasteiger partial charge >= 0.3 is 11.9 Å². The summed E-state index contributed by atoms with van der Waals surface area (Å²) in [5, 5.41) is 15.1. The number of ketones is 1. The maximum atomic E-state index is 12.7. The van der Waals surface area contributed by atoms with Crippen molar-refractivity contribution in [2.24, 2.45) is 5.16 Å². The zero-order chi connectivity index (χ0) is 24.3. The van der Waals surface area contributed by atoms with Crippen molar-refractivity contribution in [3.63, 3.8) is 0 Å². The molecule has 0 spiro atoms. The van der Waals surface area contributed by atoms with Gasteiger partial charge in [-0.05, 0) is 6.92 Å². The highest BCUT2D eigenvalue weighted by Gasteiger charge is 2.54. The van der Waals surface area contributed by atoms with Crippen molar-refractivity contribution in [3.05, 3.63) is 17.1 Å². The lowest BCUT2D eigenvalue weighted by Gasteiger charge is -2.49. The minimum Gasteiger partial charge on any atom is -0.477 e. The van der Waals surface area contributed by atoms with Crippen LogP contribution in [0.25, 0.3) is 0 Å². The number of hydrogen-bond acceptors (Lipinski definition) is 13. The summed E-state index contributed by atoms with van der Waals surface area (Å²) in [7, 11) is 1.21. The van der Waals surface area contributed by atoms with Gasteiger partial charge in [0.2, 0.25) is 11.5 Å². The van der Waals surface area contributed by atoms with Gasteiger partial charge in [0.15, 0.2) is 5.13 Å². The van der Waals surface area contributed by atoms with Gasteiger partial charge in [0.1, 0.15) is 43.0 Å². The summed E-state index contributed by atoms with van der Waals surface area (Å²) in [6.45, 7) is 0.843. The molecular formula is C17H18N6O8S2. The summed E-state index contributed by atoms with van der Waals surface area (Å²) in [5.74, 6) is -4.02. The molecule has 16 heteroatoms. The lowest BCUT2D eigenvalue weighted by Crippen LogP contribution is -2.71. The van der Waals surface area contributed by atoms with E-state index in [4.69, 9.17) is 10.5 Å². The Kier molecular flexibility index (Phi) is 7.27. The SMILES string of the molecule is CO/N=C(\C(=O)N[C@@H]1C(=O)N2C(C(=O)O)=C(COC(=O)CC(C)=O)CS[C@@H]12)c1nsc(N)n1. The summed E-state index contributed by atoms with van der Waals surface area (Å²) in [5.41, 5.74) is 5.10. The predicted octanol–water partition coefficient (Wildman–Crippen LogP) is -1.27. The van der Waals surface area contributed by atoms with E-state index in [-0.39, 0.29) is 40.3 Å². The smallest absolute Gasteiger partial charge is 0.352 e. The number of fused-ring (bicyclic) bond motifs is 1. The molecule has 0 saturated carbocycles. The van der Waals surface area contributed by atoms with Gasteiger partial charge < -0.3 is 25.7 Å². The van der Waals surface area contributed by atoms with Crippen molar-refractivity contribution >= 4 is 63.7 Å². The third-order valence-corrected chi connectivity index (χ3v) is 6.27. The number of carboxylic acids is 1. The third kappa shape index (κ3) is 5.11. The molecule has 2 aliphatic rings. The minimum absolute atomic E-state index is 0.0856. The molecule has 0 aliphatic carbocycles. The number of carboxylic acid groups (broad SMARTS) is 1. The number of β-lactam (4-membered cyclic amide) rings is 1. The minimum atomic E-state index is -1.39. The first-order valence-electron chi connectivity index (χ1n) is 9.20. The number of oxime groups is 1. The third-order valence-electron chi connectivity index (χ3n) is 4.39. The van der Waals surface area contributed by atoms with E-state index in [1.807, 2.05) is 0 Å². The summed E-state index contributed by atoms with van der Waals surface area (Å²) in [6.07, 6.45) is -0.437. The molecule has 2 aliphatic heterocycles. The van der Waals surface area contributed by atoms with E-state index in [1.54, 1.807) is 0 Å². The Morgan fingerprint density at radius 3 is 2.67 bits per heavy atom. The Morgan fingerprint density at radius 1 is 1.36 bits per heavy atom. The van der Waals surface area contributed by atoms with Gasteiger partial charge in [-0.15, -0.1) is 11.8 Å². The van der Waals surface area contributed by atoms with Crippen molar-refractivity contribution < 1.29 is 38.7 Å². The molecule has 1 fully saturated rings. The summed E-state index contributed by atoms with van der Waals surface area (Å²) in [6, 6.07) is -1.04. The van der Waals surface area contributed by atoms with Crippen molar-refractivity contribution in [1.82, 2.24) is 19.6 Å². The van der Waals surface area contributed by atoms with E-state index >= 15 is 0 Å². The second-order valence-corrected chi connectivity index (χ2v) is 8.62. The first-order valence-corrected chi connectivity index (χ1v) is 11.0. The van der Waals surface area contributed by atoms with Crippen molar-refractivity contribution in [3.8, 4) is 0 Å². The Labute approximate surface area is 194 Å². The van der Waals surface area contributed by atoms with Crippen molar-refractivity contribution in [2.75, 3.05) is 25.2 Å². The van der Waals surface area contributed by atoms with Crippen LogP contribution in [-0.4, -0.2) is 85.5 Å². The van der Waals surface area contributed by atoms with Crippen LogP contribution in [0.5, 0.6) is 0 Å². The molecule has 4 N–H and O–H groups in total. The van der Waals surface area contributed by atoms with E-state index in [9.17, 15) is 29.1 Å². The number of hydrogen-bond donors (Lipinski definition) is 3. The second kappa shape index (κ2) is 9.95. The number of aromatic nitrogens is 2. The van der Waals surface area contributed by atoms with Crippen molar-refractivity contribution in [1.29, 1.82) is 0 Å². The number of rotatable bonds is 9. The number of aliphatic carboxylic acids is 1. The van der Waals surface area contributed by atoms with Gasteiger partial charge in [0, 0.05) is 22.9 Å². The average molecular weight is 498 g/mol. The summed E-state index contributed by atoms with van der Waals surface area (Å²) < 4.78 is 8.85. The van der Waals surface area contributed by atoms with Crippen LogP contribution in [0.1, 0.15) is 19.2 Å². The van der Waals surface area contributed by atoms with Crippen LogP contribution in [0.4, 0.5) is 5.13 Å². The van der Waals surface area contributed by atoms with E-state index in [0.717, 1.165) is 16.4 Å². The molecule has 3 heterocycles. The molecule has 3 rings (SSSR count). The van der Waals surface area contributed by atoms with E-state index in [0.29, 0.717) is 0 Å². The largest absolute Gasteiger partial charge is 0.477 e. The molecule has 14 nitrogen and oxygen atoms in total. The highest BCUT2D eigenvalue weighted by Crippen LogP contribution is 2.40. The normalized spacial score (nSPS) is 20.0. The fourth-order valence-corrected chi connectivity index (χ4v) is 4.79. The second-order valence-electron chi connectivity index (χ2n) is 6.74. The number of nitrogens with two attached hydrogens (primary N) is 1. The fraction of sp³-hybridized carbons (Fsp3) is 0.412. The molecule has 0 radical (unpaired) electrons. The first-order chi connectivity index (χ1) is 15.6. The van der Waals surface area contributed by atoms with Crippen LogP contribution in [-0.2, 0) is 33.5 Å². The van der Waals surface area contributed by atoms with Crippen LogP contribution in [0.2, 0.25) is 0 Å². The Bertz CT molecular complexity index is 1080. The van der Waals surface area contributed by atoms with Gasteiger partial charge in [0.05, 0.1) is 0 Å². The maximum absolute atomic E-state index is 12.7. The van der Waals surface area contributed by atoms with E-state index < -0.39 is 47.4 Å². The predicted molar refractivity (Wildman–Crippen MR) is 114 cm³/mol. The molecule has 1 saturated heterocycles. The number of nitrogen functional groups attached to an aromatic ring is 1. The fourth-order valence-electron chi connectivity index (χ4n) is 3.03. The number of ether oxygens (including phenoxy) is 1. The van der Waals surface area contributed by atoms with Crippen LogP contribution in [0.3, 0.4) is 0 Å². The number of carbonyl (C=O) groups is 5. The molecule has 2 atom stereocenters. The standard InChI is InChI=1S/C17H18N6O8S2/c1-6(24)3-8(25)31-4-7-5-32-15-10(14(27)23(15)11(7)16(28)29)19-13(26)9(21-30-2)12-20-17(18)33-22-12/h10,15H,3-5H2,1-2H3,(H,19,26)(H,28,29)(H2,18,20,22)/b21-9-/t10-,15+/m1/s1. The maximum Gasteiger partial charge on any atom is 0.352 e. The number of anilines is 1. The zero-order valence-corrected chi connectivity index (χ0v) is 18.9. The average Bonchev–Trinajstić information content (AvgIpc) is 3.18. The number of thioether (sulfide) groups is 1. The molecule has 176 valence electrons. The summed E-state index contributed by atoms with van der Waals surface area (Å²) in [4.78, 5) is 69.4. The zero-order valence-electron chi connectivity index (χ0n) is 17.3. The quantitative estimate of drug-likeness (QED) is 0.120. The van der Waals surface area contributed by atoms with Gasteiger partial charge in [-0.3, -0.25) is 24.1 Å². The van der Waals surface area contributed by atoms with E-state index in [1.165, 1.54) is 25.8 Å². The Balaban J connectivity index is 1.73. The van der Waals surface area contributed by atoms with E-state index in [2.05, 4.69) is 24.7 Å². The highest BCUT2D eigenvalue weighted by molar-refractivity contribution is 8.00. The lowest BCUT2D eigenvalue weighted by atomic mass is 10.0. The van der Waals surface area contributed by atoms with Crippen LogP contribution >= 0.6 is 23.3 Å². The van der Waals surface area contributed by atoms with Gasteiger partial charge in [-0.1, -0.05) is 5.16 Å². The topological polar surface area (TPSA) is 203 Å². The van der Waals surface area contributed by atoms with Crippen LogP contribution in [0, 0.1) is 0 Å². The molecule has 1 aromatic rings. The molecule has 0 aromatic carbocycles. The molecular weight excluding hydrogens is 480 g/mol. The molecule has 2 amide bonds. The number of esters is 1. The van der Waals surface area contributed by atoms with Gasteiger partial charge in [-0.2, -0.15) is 9.36 Å². The molecule has 1 aromatic heterocycles. The summed E-state index contributed by atoms with van der Waals surface area (Å²) >= 11 is 2.02. The highest BCUT2D eigenvalue weighted by atomic mass is 32.2. The van der Waals surface area contributed by atoms with Gasteiger partial charge in [0.25, 0.3) is 11.8 Å². The number of carbonyl (C=O) groups excluding carboxylic acids is 4. The number of nitrogens with zero attached hydrogens (tertiary/aromatic N) is 4. The first kappa shape index (κ1) is 24.1. The van der Waals surface area contributed by atoms with Crippen molar-refractivity contribution in [2.45, 2.75) is 24.8 Å². The Hall–Kier alpha value is -3.53. The molecule has 0 bridgehead atoms. The number of amides is 2. The monoisotopic (exact) mass is 498 g/mol. The van der Waals surface area contributed by atoms with Gasteiger partial charge in [-0.25, -0.2) is 4.79 Å². The van der Waals surface area contributed by atoms with Crippen LogP contribution in [0.15, 0.2) is 16.4 Å². The molecule has 0 unspecified atom stereocenters. The Morgan fingerprint density at radius 2 is 2.09 bits per heavy atom. The number of nitrogens with one attached hydrogen (secondary N) is 1. The number of Topliss-reactive ketones (excluding diaryl/α,β-unsaturated/α-hetero) is 1. The van der Waals surface area contributed by atoms with Crippen LogP contribution < -0.4 is 11.1 Å².